The second-order valence-corrected chi connectivity index (χ2v) is 8.96. The predicted octanol–water partition coefficient (Wildman–Crippen LogP) is 3.23. The van der Waals surface area contributed by atoms with Crippen molar-refractivity contribution in [1.82, 2.24) is 0 Å². The zero-order valence-corrected chi connectivity index (χ0v) is 14.4. The Morgan fingerprint density at radius 2 is 1.68 bits per heavy atom. The van der Waals surface area contributed by atoms with E-state index in [-0.39, 0.29) is 11.0 Å². The van der Waals surface area contributed by atoms with Gasteiger partial charge in [-0.05, 0) is 32.7 Å². The molecule has 1 aliphatic heterocycles. The summed E-state index contributed by atoms with van der Waals surface area (Å²) in [6, 6.07) is 1.06. The minimum absolute atomic E-state index is 0.122. The maximum atomic E-state index is 9.44. The average molecular weight is 290 g/mol. The predicted molar refractivity (Wildman–Crippen MR) is 79.4 cm³/mol. The molecular formula is C14H30O4Si. The largest absolute Gasteiger partial charge is 0.396 e. The van der Waals surface area contributed by atoms with E-state index in [4.69, 9.17) is 13.6 Å². The van der Waals surface area contributed by atoms with Crippen LogP contribution in [-0.2, 0) is 18.4 Å². The molecule has 1 unspecified atom stereocenters. The lowest BCUT2D eigenvalue weighted by Crippen LogP contribution is -2.64. The number of carbonyl (C=O) groups excluding carboxylic acids is 1. The van der Waals surface area contributed by atoms with Crippen molar-refractivity contribution in [3.63, 3.8) is 0 Å². The second-order valence-electron chi connectivity index (χ2n) is 5.22. The highest BCUT2D eigenvalue weighted by Gasteiger charge is 2.58. The molecule has 0 N–H and O–H groups in total. The van der Waals surface area contributed by atoms with Crippen LogP contribution in [0.4, 0.5) is 0 Å². The van der Waals surface area contributed by atoms with E-state index in [2.05, 4.69) is 6.92 Å². The molecule has 0 saturated carbocycles. The molecule has 0 aliphatic carbocycles. The Bertz CT molecular complexity index is 258. The maximum Gasteiger partial charge on any atom is 0.370 e. The van der Waals surface area contributed by atoms with Gasteiger partial charge in [0.25, 0.3) is 0 Å². The maximum absolute atomic E-state index is 9.44. The van der Waals surface area contributed by atoms with Crippen LogP contribution in [-0.4, -0.2) is 40.9 Å². The Balaban J connectivity index is 0.000000711. The van der Waals surface area contributed by atoms with Crippen LogP contribution in [0.1, 0.15) is 52.9 Å². The summed E-state index contributed by atoms with van der Waals surface area (Å²) in [5.74, 6) is 0.167. The van der Waals surface area contributed by atoms with Crippen LogP contribution in [0.15, 0.2) is 0 Å². The third-order valence-corrected chi connectivity index (χ3v) is 8.16. The Hall–Kier alpha value is -0.233. The van der Waals surface area contributed by atoms with E-state index in [1.54, 1.807) is 21.3 Å². The molecule has 0 spiro atoms. The smallest absolute Gasteiger partial charge is 0.370 e. The summed E-state index contributed by atoms with van der Waals surface area (Å²) in [7, 11) is 3.22. The summed E-state index contributed by atoms with van der Waals surface area (Å²) in [5, 5.41) is -0.122. The number of carbonyl (C=O) groups is 1. The summed E-state index contributed by atoms with van der Waals surface area (Å²) in [5.41, 5.74) is 0. The van der Waals surface area contributed by atoms with Gasteiger partial charge in [-0.1, -0.05) is 26.2 Å². The van der Waals surface area contributed by atoms with Gasteiger partial charge in [-0.15, -0.1) is 0 Å². The Labute approximate surface area is 119 Å². The standard InChI is InChI=1S/C11H24O3Si.C3H6O/c1-5-8-11(12-2)9-6-7-10-15(11,13-3)14-4;1-3(2)4/h5-10H2,1-4H3;1-2H3. The highest BCUT2D eigenvalue weighted by atomic mass is 28.4. The molecule has 4 nitrogen and oxygen atoms in total. The summed E-state index contributed by atoms with van der Waals surface area (Å²) < 4.78 is 17.4. The van der Waals surface area contributed by atoms with Gasteiger partial charge in [0.15, 0.2) is 0 Å². The average Bonchev–Trinajstić information content (AvgIpc) is 2.39. The van der Waals surface area contributed by atoms with Crippen LogP contribution < -0.4 is 0 Å². The van der Waals surface area contributed by atoms with Gasteiger partial charge in [0.2, 0.25) is 0 Å². The lowest BCUT2D eigenvalue weighted by Gasteiger charge is -2.47. The van der Waals surface area contributed by atoms with Gasteiger partial charge in [-0.25, -0.2) is 0 Å². The first-order valence-electron chi connectivity index (χ1n) is 7.06. The van der Waals surface area contributed by atoms with E-state index in [1.807, 2.05) is 0 Å². The fourth-order valence-corrected chi connectivity index (χ4v) is 6.91. The number of ether oxygens (including phenoxy) is 1. The van der Waals surface area contributed by atoms with Crippen molar-refractivity contribution >= 4 is 14.3 Å². The normalized spacial score (nSPS) is 25.4. The highest BCUT2D eigenvalue weighted by molar-refractivity contribution is 6.70. The monoisotopic (exact) mass is 290 g/mol. The third kappa shape index (κ3) is 4.67. The molecule has 0 aromatic carbocycles. The topological polar surface area (TPSA) is 44.8 Å². The molecule has 1 saturated heterocycles. The second kappa shape index (κ2) is 8.84. The SMILES string of the molecule is CC(C)=O.CCCC1(OC)CCCC[Si]1(OC)OC. The molecule has 1 rings (SSSR count). The highest BCUT2D eigenvalue weighted by Crippen LogP contribution is 2.42. The van der Waals surface area contributed by atoms with Gasteiger partial charge in [0.05, 0.1) is 0 Å². The van der Waals surface area contributed by atoms with Gasteiger partial charge in [0, 0.05) is 21.3 Å². The van der Waals surface area contributed by atoms with Crippen molar-refractivity contribution < 1.29 is 18.4 Å². The molecule has 0 aromatic rings. The fraction of sp³-hybridized carbons (Fsp3) is 0.929. The third-order valence-electron chi connectivity index (χ3n) is 3.73. The molecular weight excluding hydrogens is 260 g/mol. The number of hydrogen-bond donors (Lipinski definition) is 0. The molecule has 5 heteroatoms. The van der Waals surface area contributed by atoms with Crippen LogP contribution >= 0.6 is 0 Å². The van der Waals surface area contributed by atoms with Crippen molar-refractivity contribution in [1.29, 1.82) is 0 Å². The first kappa shape index (κ1) is 18.8. The van der Waals surface area contributed by atoms with E-state index < -0.39 is 8.56 Å². The zero-order valence-electron chi connectivity index (χ0n) is 13.4. The molecule has 1 atom stereocenters. The van der Waals surface area contributed by atoms with Crippen molar-refractivity contribution in [2.24, 2.45) is 0 Å². The van der Waals surface area contributed by atoms with E-state index in [0.29, 0.717) is 0 Å². The van der Waals surface area contributed by atoms with Crippen LogP contribution in [0.2, 0.25) is 6.04 Å². The van der Waals surface area contributed by atoms with E-state index >= 15 is 0 Å². The quantitative estimate of drug-likeness (QED) is 0.729. The van der Waals surface area contributed by atoms with Crippen molar-refractivity contribution in [3.8, 4) is 0 Å². The first-order valence-corrected chi connectivity index (χ1v) is 9.08. The van der Waals surface area contributed by atoms with Gasteiger partial charge < -0.3 is 18.4 Å². The van der Waals surface area contributed by atoms with Crippen LogP contribution in [0.25, 0.3) is 0 Å². The molecule has 1 heterocycles. The number of hydrogen-bond acceptors (Lipinski definition) is 4. The summed E-state index contributed by atoms with van der Waals surface area (Å²) in [6.07, 6.45) is 5.70. The zero-order chi connectivity index (χ0) is 14.9. The molecule has 0 radical (unpaired) electrons. The summed E-state index contributed by atoms with van der Waals surface area (Å²) >= 11 is 0. The minimum Gasteiger partial charge on any atom is -0.396 e. The van der Waals surface area contributed by atoms with Crippen LogP contribution in [0.5, 0.6) is 0 Å². The number of rotatable bonds is 5. The lowest BCUT2D eigenvalue weighted by molar-refractivity contribution is -0.114. The van der Waals surface area contributed by atoms with Crippen molar-refractivity contribution in [2.75, 3.05) is 21.3 Å². The molecule has 1 fully saturated rings. The van der Waals surface area contributed by atoms with Crippen LogP contribution in [0, 0.1) is 0 Å². The van der Waals surface area contributed by atoms with Gasteiger partial charge in [-0.3, -0.25) is 0 Å². The Morgan fingerprint density at radius 3 is 2.05 bits per heavy atom. The van der Waals surface area contributed by atoms with Gasteiger partial charge >= 0.3 is 8.56 Å². The van der Waals surface area contributed by atoms with E-state index in [1.165, 1.54) is 26.7 Å². The molecule has 0 amide bonds. The first-order chi connectivity index (χ1) is 8.93. The molecule has 19 heavy (non-hydrogen) atoms. The number of methoxy groups -OCH3 is 1. The Morgan fingerprint density at radius 1 is 1.16 bits per heavy atom. The van der Waals surface area contributed by atoms with Crippen LogP contribution in [0.3, 0.4) is 0 Å². The van der Waals surface area contributed by atoms with Crippen molar-refractivity contribution in [2.45, 2.75) is 64.1 Å². The fourth-order valence-electron chi connectivity index (χ4n) is 2.92. The molecule has 0 aromatic heterocycles. The number of ketones is 1. The Kier molecular flexibility index (Phi) is 8.73. The van der Waals surface area contributed by atoms with Crippen molar-refractivity contribution in [3.05, 3.63) is 0 Å². The minimum atomic E-state index is -2.15. The van der Waals surface area contributed by atoms with E-state index in [9.17, 15) is 4.79 Å². The number of Topliss-reactive ketones (excluding diaryl/α,β-unsaturated/α-hetero) is 1. The van der Waals surface area contributed by atoms with E-state index in [0.717, 1.165) is 25.3 Å². The lowest BCUT2D eigenvalue weighted by atomic mass is 10.1. The van der Waals surface area contributed by atoms with Gasteiger partial charge in [-0.2, -0.15) is 0 Å². The van der Waals surface area contributed by atoms with Gasteiger partial charge in [0.1, 0.15) is 11.0 Å². The molecule has 114 valence electrons. The molecule has 0 bridgehead atoms. The summed E-state index contributed by atoms with van der Waals surface area (Å²) in [4.78, 5) is 9.44. The molecule has 1 aliphatic rings. The summed E-state index contributed by atoms with van der Waals surface area (Å²) in [6.45, 7) is 5.25.